The highest BCUT2D eigenvalue weighted by Gasteiger charge is 2.57. The SMILES string of the molecule is CC1C[C@@H]2C(C(=O)O)N(C(=O)[C@@H](NC(=O)OC(C)(C)C)C(C)(C)C)C(=O)[C@@H]2CC1C. The first kappa shape index (κ1) is 24.2. The van der Waals surface area contributed by atoms with E-state index in [0.717, 1.165) is 4.90 Å². The van der Waals surface area contributed by atoms with Crippen molar-refractivity contribution in [1.82, 2.24) is 10.2 Å². The molecule has 2 aliphatic rings. The lowest BCUT2D eigenvalue weighted by atomic mass is 9.69. The Bertz CT molecular complexity index is 720. The molecule has 0 bridgehead atoms. The summed E-state index contributed by atoms with van der Waals surface area (Å²) >= 11 is 0. The first-order valence-corrected chi connectivity index (χ1v) is 10.6. The number of carbonyl (C=O) groups excluding carboxylic acids is 3. The van der Waals surface area contributed by atoms with E-state index in [4.69, 9.17) is 4.74 Å². The van der Waals surface area contributed by atoms with Gasteiger partial charge < -0.3 is 15.2 Å². The van der Waals surface area contributed by atoms with Gasteiger partial charge in [0.15, 0.2) is 0 Å². The van der Waals surface area contributed by atoms with Crippen LogP contribution in [0.3, 0.4) is 0 Å². The van der Waals surface area contributed by atoms with Crippen LogP contribution in [0.2, 0.25) is 0 Å². The molecule has 2 N–H and O–H groups in total. The molecule has 3 amide bonds. The van der Waals surface area contributed by atoms with Crippen LogP contribution < -0.4 is 5.32 Å². The maximum absolute atomic E-state index is 13.5. The number of imide groups is 1. The molecular weight excluding hydrogens is 388 g/mol. The average Bonchev–Trinajstić information content (AvgIpc) is 2.82. The molecule has 8 heteroatoms. The van der Waals surface area contributed by atoms with Crippen LogP contribution in [0.25, 0.3) is 0 Å². The van der Waals surface area contributed by atoms with E-state index in [2.05, 4.69) is 19.2 Å². The molecule has 1 aliphatic heterocycles. The Morgan fingerprint density at radius 1 is 1.07 bits per heavy atom. The Hall–Kier alpha value is -2.12. The molecule has 1 saturated carbocycles. The molecule has 30 heavy (non-hydrogen) atoms. The highest BCUT2D eigenvalue weighted by atomic mass is 16.6. The van der Waals surface area contributed by atoms with Crippen molar-refractivity contribution >= 4 is 23.9 Å². The van der Waals surface area contributed by atoms with E-state index >= 15 is 0 Å². The number of hydrogen-bond donors (Lipinski definition) is 2. The van der Waals surface area contributed by atoms with Crippen LogP contribution in [0.15, 0.2) is 0 Å². The first-order valence-electron chi connectivity index (χ1n) is 10.6. The fourth-order valence-electron chi connectivity index (χ4n) is 4.53. The molecule has 8 nitrogen and oxygen atoms in total. The molecular formula is C22H36N2O6. The van der Waals surface area contributed by atoms with E-state index in [1.54, 1.807) is 41.5 Å². The zero-order chi connectivity index (χ0) is 23.2. The molecule has 6 atom stereocenters. The lowest BCUT2D eigenvalue weighted by molar-refractivity contribution is -0.157. The van der Waals surface area contributed by atoms with Gasteiger partial charge in [0.1, 0.15) is 17.7 Å². The highest BCUT2D eigenvalue weighted by Crippen LogP contribution is 2.46. The van der Waals surface area contributed by atoms with E-state index in [0.29, 0.717) is 12.8 Å². The maximum atomic E-state index is 13.5. The van der Waals surface area contributed by atoms with Crippen molar-refractivity contribution in [2.75, 3.05) is 0 Å². The number of nitrogens with one attached hydrogen (secondary N) is 1. The van der Waals surface area contributed by atoms with E-state index in [-0.39, 0.29) is 11.8 Å². The number of fused-ring (bicyclic) bond motifs is 1. The molecule has 2 rings (SSSR count). The number of amides is 3. The van der Waals surface area contributed by atoms with Gasteiger partial charge in [0.05, 0.1) is 0 Å². The van der Waals surface area contributed by atoms with E-state index in [1.807, 2.05) is 0 Å². The Morgan fingerprint density at radius 3 is 2.07 bits per heavy atom. The Labute approximate surface area is 178 Å². The Balaban J connectivity index is 2.37. The molecule has 3 unspecified atom stereocenters. The number of carboxylic acid groups (broad SMARTS) is 1. The van der Waals surface area contributed by atoms with Crippen molar-refractivity contribution in [3.63, 3.8) is 0 Å². The van der Waals surface area contributed by atoms with Gasteiger partial charge in [-0.25, -0.2) is 9.59 Å². The van der Waals surface area contributed by atoms with Crippen molar-refractivity contribution in [3.8, 4) is 0 Å². The summed E-state index contributed by atoms with van der Waals surface area (Å²) in [5.41, 5.74) is -1.52. The minimum absolute atomic E-state index is 0.272. The van der Waals surface area contributed by atoms with Crippen LogP contribution in [-0.2, 0) is 19.1 Å². The van der Waals surface area contributed by atoms with Crippen LogP contribution in [0.1, 0.15) is 68.2 Å². The molecule has 170 valence electrons. The second-order valence-corrected chi connectivity index (χ2v) is 11.0. The minimum Gasteiger partial charge on any atom is -0.480 e. The van der Waals surface area contributed by atoms with Gasteiger partial charge in [0.25, 0.3) is 5.91 Å². The van der Waals surface area contributed by atoms with Crippen LogP contribution in [0.4, 0.5) is 4.79 Å². The van der Waals surface area contributed by atoms with Gasteiger partial charge in [-0.15, -0.1) is 0 Å². The summed E-state index contributed by atoms with van der Waals surface area (Å²) in [7, 11) is 0. The molecule has 2 fully saturated rings. The normalized spacial score (nSPS) is 30.5. The molecule has 1 heterocycles. The summed E-state index contributed by atoms with van der Waals surface area (Å²) in [6, 6.07) is -2.32. The van der Waals surface area contributed by atoms with E-state index in [9.17, 15) is 24.3 Å². The van der Waals surface area contributed by atoms with Crippen LogP contribution in [-0.4, -0.2) is 51.6 Å². The van der Waals surface area contributed by atoms with E-state index in [1.165, 1.54) is 0 Å². The molecule has 1 aliphatic carbocycles. The summed E-state index contributed by atoms with van der Waals surface area (Å²) in [6.45, 7) is 14.5. The number of nitrogens with zero attached hydrogens (tertiary/aromatic N) is 1. The monoisotopic (exact) mass is 424 g/mol. The zero-order valence-electron chi connectivity index (χ0n) is 19.3. The fourth-order valence-corrected chi connectivity index (χ4v) is 4.53. The van der Waals surface area contributed by atoms with Crippen molar-refractivity contribution in [3.05, 3.63) is 0 Å². The van der Waals surface area contributed by atoms with E-state index < -0.39 is 58.8 Å². The third-order valence-electron chi connectivity index (χ3n) is 6.26. The third-order valence-corrected chi connectivity index (χ3v) is 6.26. The van der Waals surface area contributed by atoms with Gasteiger partial charge in [0, 0.05) is 11.8 Å². The number of aliphatic carboxylic acids is 1. The number of alkyl carbamates (subject to hydrolysis) is 1. The number of hydrogen-bond acceptors (Lipinski definition) is 5. The van der Waals surface area contributed by atoms with Crippen molar-refractivity contribution in [2.45, 2.75) is 85.9 Å². The fraction of sp³-hybridized carbons (Fsp3) is 0.818. The molecule has 1 saturated heterocycles. The summed E-state index contributed by atoms with van der Waals surface area (Å²) in [6.07, 6.45) is 0.365. The summed E-state index contributed by atoms with van der Waals surface area (Å²) in [4.78, 5) is 52.1. The second-order valence-electron chi connectivity index (χ2n) is 11.0. The lowest BCUT2D eigenvalue weighted by Crippen LogP contribution is -2.58. The number of carbonyl (C=O) groups is 4. The molecule has 0 spiro atoms. The predicted molar refractivity (Wildman–Crippen MR) is 110 cm³/mol. The van der Waals surface area contributed by atoms with Crippen molar-refractivity contribution in [1.29, 1.82) is 0 Å². The Morgan fingerprint density at radius 2 is 1.60 bits per heavy atom. The topological polar surface area (TPSA) is 113 Å². The quantitative estimate of drug-likeness (QED) is 0.720. The number of rotatable bonds is 3. The van der Waals surface area contributed by atoms with Crippen molar-refractivity contribution < 1.29 is 29.0 Å². The largest absolute Gasteiger partial charge is 0.480 e. The zero-order valence-corrected chi connectivity index (χ0v) is 19.3. The van der Waals surface area contributed by atoms with Crippen LogP contribution in [0.5, 0.6) is 0 Å². The molecule has 0 radical (unpaired) electrons. The number of ether oxygens (including phenoxy) is 1. The summed E-state index contributed by atoms with van der Waals surface area (Å²) in [5.74, 6) is -2.67. The Kier molecular flexibility index (Phi) is 6.60. The number of carboxylic acids is 1. The van der Waals surface area contributed by atoms with Gasteiger partial charge in [-0.1, -0.05) is 34.6 Å². The summed E-state index contributed by atoms with van der Waals surface area (Å²) < 4.78 is 5.28. The van der Waals surface area contributed by atoms with Crippen molar-refractivity contribution in [2.24, 2.45) is 29.1 Å². The molecule has 0 aromatic carbocycles. The average molecular weight is 425 g/mol. The lowest BCUT2D eigenvalue weighted by Gasteiger charge is -2.35. The van der Waals surface area contributed by atoms with Crippen LogP contribution in [0, 0.1) is 29.1 Å². The van der Waals surface area contributed by atoms with Gasteiger partial charge >= 0.3 is 12.1 Å². The van der Waals surface area contributed by atoms with Gasteiger partial charge in [-0.3, -0.25) is 14.5 Å². The minimum atomic E-state index is -1.21. The number of likely N-dealkylation sites (tertiary alicyclic amines) is 1. The second kappa shape index (κ2) is 8.19. The third kappa shape index (κ3) is 4.95. The standard InChI is InChI=1S/C22H36N2O6/c1-11-9-13-14(10-12(11)2)17(25)24(15(13)19(27)28)18(26)16(21(3,4)5)23-20(29)30-22(6,7)8/h11-16H,9-10H2,1-8H3,(H,23,29)(H,27,28)/t11?,12?,13-,14+,15?,16+/m0/s1. The smallest absolute Gasteiger partial charge is 0.408 e. The summed E-state index contributed by atoms with van der Waals surface area (Å²) in [5, 5.41) is 12.5. The van der Waals surface area contributed by atoms with Gasteiger partial charge in [0.2, 0.25) is 5.91 Å². The van der Waals surface area contributed by atoms with Gasteiger partial charge in [-0.05, 0) is 50.9 Å². The van der Waals surface area contributed by atoms with Crippen LogP contribution >= 0.6 is 0 Å². The predicted octanol–water partition coefficient (Wildman–Crippen LogP) is 3.05. The maximum Gasteiger partial charge on any atom is 0.408 e. The molecule has 0 aromatic heterocycles. The molecule has 0 aromatic rings. The van der Waals surface area contributed by atoms with Gasteiger partial charge in [-0.2, -0.15) is 0 Å². The first-order chi connectivity index (χ1) is 13.5. The highest BCUT2D eigenvalue weighted by molar-refractivity contribution is 6.05.